The summed E-state index contributed by atoms with van der Waals surface area (Å²) in [6.45, 7) is 4.17. The molecule has 0 spiro atoms. The van der Waals surface area contributed by atoms with Gasteiger partial charge >= 0.3 is 11.9 Å². The molecule has 0 fully saturated rings. The number of carboxylic acids is 1. The maximum absolute atomic E-state index is 12.6. The second-order valence-corrected chi connectivity index (χ2v) is 14.3. The molecule has 0 rings (SSSR count). The van der Waals surface area contributed by atoms with Crippen LogP contribution >= 0.6 is 0 Å². The van der Waals surface area contributed by atoms with Crippen LogP contribution in [-0.2, 0) is 19.1 Å². The Balaban J connectivity index is 3.77. The van der Waals surface area contributed by atoms with Crippen molar-refractivity contribution in [3.8, 4) is 0 Å². The lowest BCUT2D eigenvalue weighted by Gasteiger charge is -2.15. The highest BCUT2D eigenvalue weighted by Crippen LogP contribution is 2.17. The van der Waals surface area contributed by atoms with Gasteiger partial charge < -0.3 is 15.2 Å². The summed E-state index contributed by atoms with van der Waals surface area (Å²) in [5, 5.41) is 11.0. The molecule has 0 aromatic rings. The highest BCUT2D eigenvalue weighted by molar-refractivity contribution is 5.80. The number of carboxylic acid groups (broad SMARTS) is 1. The number of rotatable bonds is 38. The first-order valence-corrected chi connectivity index (χ1v) is 20.8. The molecule has 0 radical (unpaired) electrons. The van der Waals surface area contributed by atoms with Crippen LogP contribution in [-0.4, -0.2) is 35.6 Å². The van der Waals surface area contributed by atoms with Crippen LogP contribution in [0.1, 0.15) is 226 Å². The van der Waals surface area contributed by atoms with E-state index >= 15 is 0 Å². The van der Waals surface area contributed by atoms with Crippen molar-refractivity contribution < 1.29 is 24.2 Å². The molecule has 0 aromatic carbocycles. The van der Waals surface area contributed by atoms with Crippen LogP contribution in [0.3, 0.4) is 0 Å². The average molecular weight is 678 g/mol. The molecule has 6 heteroatoms. The molecule has 1 amide bonds. The molecule has 0 saturated carbocycles. The Kier molecular flexibility index (Phi) is 36.5. The zero-order valence-corrected chi connectivity index (χ0v) is 31.9. The van der Waals surface area contributed by atoms with Crippen molar-refractivity contribution in [2.45, 2.75) is 232 Å². The summed E-state index contributed by atoms with van der Waals surface area (Å²) in [5.41, 5.74) is 0. The lowest BCUT2D eigenvalue weighted by molar-refractivity contribution is -0.147. The van der Waals surface area contributed by atoms with Crippen LogP contribution < -0.4 is 5.32 Å². The quantitative estimate of drug-likeness (QED) is 0.0385. The van der Waals surface area contributed by atoms with Crippen LogP contribution in [0.25, 0.3) is 0 Å². The van der Waals surface area contributed by atoms with E-state index in [-0.39, 0.29) is 24.5 Å². The molecule has 0 aromatic heterocycles. The average Bonchev–Trinajstić information content (AvgIpc) is 3.07. The lowest BCUT2D eigenvalue weighted by atomic mass is 10.0. The molecule has 6 nitrogen and oxygen atoms in total. The van der Waals surface area contributed by atoms with Crippen molar-refractivity contribution in [2.24, 2.45) is 0 Å². The zero-order chi connectivity index (χ0) is 35.2. The van der Waals surface area contributed by atoms with Crippen LogP contribution in [0, 0.1) is 0 Å². The van der Waals surface area contributed by atoms with Gasteiger partial charge in [-0.25, -0.2) is 0 Å². The van der Waals surface area contributed by atoms with Crippen molar-refractivity contribution in [3.05, 3.63) is 12.2 Å². The summed E-state index contributed by atoms with van der Waals surface area (Å²) < 4.78 is 5.86. The number of nitrogens with one attached hydrogen (secondary N) is 1. The molecule has 0 saturated heterocycles. The first-order valence-electron chi connectivity index (χ1n) is 20.8. The number of carbonyl (C=O) groups excluding carboxylic acids is 2. The Morgan fingerprint density at radius 3 is 1.40 bits per heavy atom. The SMILES string of the molecule is CCCCC/C=C\C(CCCCCCC(=O)NCC(=O)O)OC(=O)CCCCCCCCCCCCCCCCCCCCCCCC. The van der Waals surface area contributed by atoms with Crippen molar-refractivity contribution in [1.82, 2.24) is 5.32 Å². The number of amides is 1. The first kappa shape index (κ1) is 46.1. The van der Waals surface area contributed by atoms with Gasteiger partial charge in [0.1, 0.15) is 12.6 Å². The summed E-state index contributed by atoms with van der Waals surface area (Å²) in [7, 11) is 0. The fourth-order valence-electron chi connectivity index (χ4n) is 6.31. The smallest absolute Gasteiger partial charge is 0.322 e. The number of unbranched alkanes of at least 4 members (excludes halogenated alkanes) is 27. The van der Waals surface area contributed by atoms with Gasteiger partial charge in [-0.05, 0) is 44.6 Å². The molecule has 0 aliphatic heterocycles. The molecule has 48 heavy (non-hydrogen) atoms. The minimum Gasteiger partial charge on any atom is -0.480 e. The molecule has 282 valence electrons. The third-order valence-electron chi connectivity index (χ3n) is 9.42. The van der Waals surface area contributed by atoms with E-state index in [9.17, 15) is 14.4 Å². The van der Waals surface area contributed by atoms with E-state index in [0.29, 0.717) is 12.8 Å². The minimum atomic E-state index is -1.03. The fourth-order valence-corrected chi connectivity index (χ4v) is 6.31. The number of aliphatic carboxylic acids is 1. The number of carbonyl (C=O) groups is 3. The van der Waals surface area contributed by atoms with Gasteiger partial charge in [-0.15, -0.1) is 0 Å². The molecule has 2 N–H and O–H groups in total. The Morgan fingerprint density at radius 2 is 0.938 bits per heavy atom. The van der Waals surface area contributed by atoms with E-state index in [1.54, 1.807) is 0 Å². The molecule has 0 aliphatic rings. The van der Waals surface area contributed by atoms with E-state index in [4.69, 9.17) is 9.84 Å². The van der Waals surface area contributed by atoms with Crippen molar-refractivity contribution in [2.75, 3.05) is 6.54 Å². The van der Waals surface area contributed by atoms with Gasteiger partial charge in [-0.2, -0.15) is 0 Å². The maximum atomic E-state index is 12.6. The van der Waals surface area contributed by atoms with Gasteiger partial charge in [0.05, 0.1) is 0 Å². The Labute approximate surface area is 297 Å². The van der Waals surface area contributed by atoms with E-state index in [2.05, 4.69) is 31.3 Å². The van der Waals surface area contributed by atoms with Gasteiger partial charge in [-0.1, -0.05) is 180 Å². The van der Waals surface area contributed by atoms with E-state index in [0.717, 1.165) is 57.8 Å². The lowest BCUT2D eigenvalue weighted by Crippen LogP contribution is -2.28. The zero-order valence-electron chi connectivity index (χ0n) is 31.9. The molecule has 0 heterocycles. The summed E-state index contributed by atoms with van der Waals surface area (Å²) in [6, 6.07) is 0. The standard InChI is InChI=1S/C42H79NO5/c1-3-5-7-9-10-11-12-13-14-15-16-17-18-19-20-21-22-23-24-25-27-33-37-42(47)48-39(34-30-26-8-6-4-2)35-31-28-29-32-36-40(44)43-38-41(45)46/h30,34,39H,3-29,31-33,35-38H2,1-2H3,(H,43,44)(H,45,46)/b34-30-. The summed E-state index contributed by atoms with van der Waals surface area (Å²) in [4.78, 5) is 34.8. The predicted molar refractivity (Wildman–Crippen MR) is 203 cm³/mol. The topological polar surface area (TPSA) is 92.7 Å². The molecule has 1 unspecified atom stereocenters. The number of hydrogen-bond donors (Lipinski definition) is 2. The second kappa shape index (κ2) is 38.0. The molecule has 1 atom stereocenters. The van der Waals surface area contributed by atoms with Gasteiger partial charge in [0.25, 0.3) is 0 Å². The normalized spacial score (nSPS) is 12.0. The highest BCUT2D eigenvalue weighted by Gasteiger charge is 2.12. The third-order valence-corrected chi connectivity index (χ3v) is 9.42. The Hall–Kier alpha value is -1.85. The van der Waals surface area contributed by atoms with E-state index in [1.165, 1.54) is 141 Å². The molecular weight excluding hydrogens is 598 g/mol. The number of ether oxygens (including phenoxy) is 1. The Bertz CT molecular complexity index is 752. The van der Waals surface area contributed by atoms with Crippen LogP contribution in [0.4, 0.5) is 0 Å². The fraction of sp³-hybridized carbons (Fsp3) is 0.881. The molecular formula is C42H79NO5. The summed E-state index contributed by atoms with van der Waals surface area (Å²) >= 11 is 0. The van der Waals surface area contributed by atoms with Crippen LogP contribution in [0.15, 0.2) is 12.2 Å². The van der Waals surface area contributed by atoms with E-state index in [1.807, 2.05) is 0 Å². The number of hydrogen-bond acceptors (Lipinski definition) is 4. The largest absolute Gasteiger partial charge is 0.480 e. The molecule has 0 aliphatic carbocycles. The first-order chi connectivity index (χ1) is 23.5. The Morgan fingerprint density at radius 1 is 0.542 bits per heavy atom. The van der Waals surface area contributed by atoms with Crippen LogP contribution in [0.2, 0.25) is 0 Å². The minimum absolute atomic E-state index is 0.0820. The number of allylic oxidation sites excluding steroid dienone is 1. The third kappa shape index (κ3) is 37.0. The summed E-state index contributed by atoms with van der Waals surface area (Å²) in [5.74, 6) is -1.32. The van der Waals surface area contributed by atoms with Gasteiger partial charge in [-0.3, -0.25) is 14.4 Å². The van der Waals surface area contributed by atoms with Crippen LogP contribution in [0.5, 0.6) is 0 Å². The predicted octanol–water partition coefficient (Wildman–Crippen LogP) is 12.6. The van der Waals surface area contributed by atoms with Crippen molar-refractivity contribution >= 4 is 17.8 Å². The van der Waals surface area contributed by atoms with Crippen molar-refractivity contribution in [3.63, 3.8) is 0 Å². The summed E-state index contributed by atoms with van der Waals surface area (Å²) in [6.07, 6.45) is 43.8. The number of esters is 1. The molecule has 0 bridgehead atoms. The monoisotopic (exact) mass is 678 g/mol. The van der Waals surface area contributed by atoms with E-state index < -0.39 is 5.97 Å². The van der Waals surface area contributed by atoms with Gasteiger partial charge in [0.2, 0.25) is 5.91 Å². The maximum Gasteiger partial charge on any atom is 0.322 e. The second-order valence-electron chi connectivity index (χ2n) is 14.3. The van der Waals surface area contributed by atoms with Crippen molar-refractivity contribution in [1.29, 1.82) is 0 Å². The van der Waals surface area contributed by atoms with Gasteiger partial charge in [0.15, 0.2) is 0 Å². The highest BCUT2D eigenvalue weighted by atomic mass is 16.5. The van der Waals surface area contributed by atoms with Gasteiger partial charge in [0, 0.05) is 12.8 Å².